The lowest BCUT2D eigenvalue weighted by atomic mass is 9.87. The molecule has 3 N–H and O–H groups in total. The van der Waals surface area contributed by atoms with Gasteiger partial charge < -0.3 is 20.6 Å². The summed E-state index contributed by atoms with van der Waals surface area (Å²) >= 11 is 0. The van der Waals surface area contributed by atoms with E-state index in [2.05, 4.69) is 39.8 Å². The zero-order valence-electron chi connectivity index (χ0n) is 14.3. The zero-order valence-corrected chi connectivity index (χ0v) is 14.3. The number of hydrogen-bond donors (Lipinski definition) is 3. The van der Waals surface area contributed by atoms with Crippen LogP contribution in [-0.4, -0.2) is 42.9 Å². The van der Waals surface area contributed by atoms with Crippen LogP contribution < -0.4 is 15.5 Å². The Morgan fingerprint density at radius 3 is 2.58 bits per heavy atom. The Morgan fingerprint density at radius 1 is 1.12 bits per heavy atom. The number of hydrogen-bond acceptors (Lipinski definition) is 3. The lowest BCUT2D eigenvalue weighted by Gasteiger charge is -2.34. The van der Waals surface area contributed by atoms with Gasteiger partial charge in [0.1, 0.15) is 0 Å². The van der Waals surface area contributed by atoms with Crippen molar-refractivity contribution in [2.75, 3.05) is 24.5 Å². The van der Waals surface area contributed by atoms with Crippen LogP contribution in [0.1, 0.15) is 38.5 Å². The van der Waals surface area contributed by atoms with E-state index in [9.17, 15) is 9.90 Å². The Hall–Kier alpha value is -1.75. The molecular formula is C19H29N3O2. The van der Waals surface area contributed by atoms with Gasteiger partial charge in [0, 0.05) is 31.4 Å². The molecule has 2 aliphatic rings. The van der Waals surface area contributed by atoms with Crippen LogP contribution in [0.5, 0.6) is 0 Å². The van der Waals surface area contributed by atoms with Crippen LogP contribution in [0, 0.1) is 5.92 Å². The maximum atomic E-state index is 12.1. The molecule has 2 atom stereocenters. The number of para-hydroxylation sites is 1. The molecule has 1 aromatic carbocycles. The summed E-state index contributed by atoms with van der Waals surface area (Å²) < 4.78 is 0. The highest BCUT2D eigenvalue weighted by atomic mass is 16.3. The number of nitrogens with one attached hydrogen (secondary N) is 2. The fourth-order valence-corrected chi connectivity index (χ4v) is 3.84. The van der Waals surface area contributed by atoms with Gasteiger partial charge in [-0.1, -0.05) is 24.6 Å². The molecule has 24 heavy (non-hydrogen) atoms. The van der Waals surface area contributed by atoms with Gasteiger partial charge in [0.25, 0.3) is 0 Å². The topological polar surface area (TPSA) is 64.6 Å². The standard InChI is InChI=1S/C19H29N3O2/c23-18-8-4-5-15(13-18)14-20-19(24)21-16-9-11-22(12-10-16)17-6-2-1-3-7-17/h1-3,6-7,15-16,18,23H,4-5,8-14H2,(H2,20,21,24). The van der Waals surface area contributed by atoms with Gasteiger partial charge in [-0.05, 0) is 50.2 Å². The Labute approximate surface area is 144 Å². The molecule has 1 heterocycles. The maximum Gasteiger partial charge on any atom is 0.315 e. The van der Waals surface area contributed by atoms with Crippen molar-refractivity contribution in [2.24, 2.45) is 5.92 Å². The summed E-state index contributed by atoms with van der Waals surface area (Å²) in [5.41, 5.74) is 1.26. The van der Waals surface area contributed by atoms with Crippen LogP contribution >= 0.6 is 0 Å². The molecule has 1 aliphatic heterocycles. The van der Waals surface area contributed by atoms with Gasteiger partial charge in [-0.2, -0.15) is 0 Å². The lowest BCUT2D eigenvalue weighted by molar-refractivity contribution is 0.101. The first-order valence-electron chi connectivity index (χ1n) is 9.23. The summed E-state index contributed by atoms with van der Waals surface area (Å²) in [6.07, 6.45) is 5.66. The second-order valence-corrected chi connectivity index (χ2v) is 7.14. The predicted octanol–water partition coefficient (Wildman–Crippen LogP) is 2.51. The highest BCUT2D eigenvalue weighted by molar-refractivity contribution is 5.74. The lowest BCUT2D eigenvalue weighted by Crippen LogP contribution is -2.48. The van der Waals surface area contributed by atoms with Gasteiger partial charge in [-0.15, -0.1) is 0 Å². The first-order chi connectivity index (χ1) is 11.7. The molecule has 132 valence electrons. The average Bonchev–Trinajstić information content (AvgIpc) is 2.61. The van der Waals surface area contributed by atoms with Gasteiger partial charge >= 0.3 is 6.03 Å². The van der Waals surface area contributed by atoms with Crippen molar-refractivity contribution < 1.29 is 9.90 Å². The number of urea groups is 1. The Bertz CT molecular complexity index is 515. The molecule has 2 fully saturated rings. The van der Waals surface area contributed by atoms with E-state index in [1.165, 1.54) is 5.69 Å². The van der Waals surface area contributed by atoms with E-state index in [4.69, 9.17) is 0 Å². The predicted molar refractivity (Wildman–Crippen MR) is 96.2 cm³/mol. The SMILES string of the molecule is O=C(NCC1CCCC(O)C1)NC1CCN(c2ccccc2)CC1. The smallest absolute Gasteiger partial charge is 0.315 e. The number of piperidine rings is 1. The molecule has 0 radical (unpaired) electrons. The van der Waals surface area contributed by atoms with E-state index in [-0.39, 0.29) is 18.2 Å². The summed E-state index contributed by atoms with van der Waals surface area (Å²) in [7, 11) is 0. The third-order valence-corrected chi connectivity index (χ3v) is 5.26. The van der Waals surface area contributed by atoms with Gasteiger partial charge in [0.05, 0.1) is 6.10 Å². The highest BCUT2D eigenvalue weighted by Gasteiger charge is 2.23. The van der Waals surface area contributed by atoms with Crippen molar-refractivity contribution in [3.8, 4) is 0 Å². The average molecular weight is 331 g/mol. The molecule has 0 bridgehead atoms. The minimum absolute atomic E-state index is 0.0618. The minimum atomic E-state index is -0.184. The molecule has 0 aromatic heterocycles. The summed E-state index contributed by atoms with van der Waals surface area (Å²) in [5, 5.41) is 15.8. The van der Waals surface area contributed by atoms with Crippen molar-refractivity contribution in [3.05, 3.63) is 30.3 Å². The van der Waals surface area contributed by atoms with Crippen LogP contribution in [0.2, 0.25) is 0 Å². The number of aliphatic hydroxyl groups excluding tert-OH is 1. The molecule has 1 saturated heterocycles. The van der Waals surface area contributed by atoms with Crippen LogP contribution in [0.3, 0.4) is 0 Å². The van der Waals surface area contributed by atoms with Gasteiger partial charge in [-0.3, -0.25) is 0 Å². The van der Waals surface area contributed by atoms with Crippen molar-refractivity contribution in [2.45, 2.75) is 50.7 Å². The van der Waals surface area contributed by atoms with Gasteiger partial charge in [0.15, 0.2) is 0 Å². The monoisotopic (exact) mass is 331 g/mol. The number of benzene rings is 1. The molecule has 2 amide bonds. The fourth-order valence-electron chi connectivity index (χ4n) is 3.84. The molecule has 1 saturated carbocycles. The quantitative estimate of drug-likeness (QED) is 0.794. The van der Waals surface area contributed by atoms with Crippen molar-refractivity contribution in [3.63, 3.8) is 0 Å². The zero-order chi connectivity index (χ0) is 16.8. The molecule has 5 heteroatoms. The Balaban J connectivity index is 1.36. The molecule has 1 aromatic rings. The summed E-state index contributed by atoms with van der Waals surface area (Å²) in [5.74, 6) is 0.416. The van der Waals surface area contributed by atoms with Crippen molar-refractivity contribution in [1.29, 1.82) is 0 Å². The number of rotatable bonds is 4. The summed E-state index contributed by atoms with van der Waals surface area (Å²) in [6.45, 7) is 2.62. The van der Waals surface area contributed by atoms with E-state index in [0.717, 1.165) is 51.6 Å². The van der Waals surface area contributed by atoms with Crippen LogP contribution in [0.25, 0.3) is 0 Å². The number of aliphatic hydroxyl groups is 1. The maximum absolute atomic E-state index is 12.1. The first kappa shape index (κ1) is 17.1. The fraction of sp³-hybridized carbons (Fsp3) is 0.632. The Morgan fingerprint density at radius 2 is 1.88 bits per heavy atom. The first-order valence-corrected chi connectivity index (χ1v) is 9.23. The van der Waals surface area contributed by atoms with E-state index in [1.807, 2.05) is 6.07 Å². The minimum Gasteiger partial charge on any atom is -0.393 e. The van der Waals surface area contributed by atoms with E-state index < -0.39 is 0 Å². The second-order valence-electron chi connectivity index (χ2n) is 7.14. The molecule has 1 aliphatic carbocycles. The number of nitrogens with zero attached hydrogens (tertiary/aromatic N) is 1. The molecule has 0 spiro atoms. The third kappa shape index (κ3) is 4.87. The second kappa shape index (κ2) is 8.38. The van der Waals surface area contributed by atoms with Gasteiger partial charge in [0.2, 0.25) is 0 Å². The van der Waals surface area contributed by atoms with Crippen LogP contribution in [0.15, 0.2) is 30.3 Å². The number of carbonyl (C=O) groups is 1. The summed E-state index contributed by atoms with van der Waals surface area (Å²) in [4.78, 5) is 14.5. The van der Waals surface area contributed by atoms with Crippen molar-refractivity contribution >= 4 is 11.7 Å². The van der Waals surface area contributed by atoms with E-state index >= 15 is 0 Å². The molecule has 2 unspecified atom stereocenters. The van der Waals surface area contributed by atoms with E-state index in [0.29, 0.717) is 12.5 Å². The highest BCUT2D eigenvalue weighted by Crippen LogP contribution is 2.23. The van der Waals surface area contributed by atoms with E-state index in [1.54, 1.807) is 0 Å². The van der Waals surface area contributed by atoms with Crippen LogP contribution in [0.4, 0.5) is 10.5 Å². The largest absolute Gasteiger partial charge is 0.393 e. The van der Waals surface area contributed by atoms with Crippen LogP contribution in [-0.2, 0) is 0 Å². The number of amides is 2. The number of anilines is 1. The molecule has 5 nitrogen and oxygen atoms in total. The van der Waals surface area contributed by atoms with Gasteiger partial charge in [-0.25, -0.2) is 4.79 Å². The third-order valence-electron chi connectivity index (χ3n) is 5.26. The van der Waals surface area contributed by atoms with Crippen molar-refractivity contribution in [1.82, 2.24) is 10.6 Å². The summed E-state index contributed by atoms with van der Waals surface area (Å²) in [6, 6.07) is 10.6. The molecule has 3 rings (SSSR count). The normalized spacial score (nSPS) is 25.3. The number of carbonyl (C=O) groups excluding carboxylic acids is 1. The molecular weight excluding hydrogens is 302 g/mol. The Kier molecular flexibility index (Phi) is 5.96.